The molecule has 2 bridgehead atoms. The third-order valence-corrected chi connectivity index (χ3v) is 7.23. The van der Waals surface area contributed by atoms with Gasteiger partial charge in [0, 0.05) is 18.9 Å². The number of nitrogens with zero attached hydrogens (tertiary/aromatic N) is 3. The van der Waals surface area contributed by atoms with Crippen LogP contribution >= 0.6 is 11.6 Å². The lowest BCUT2D eigenvalue weighted by Crippen LogP contribution is -2.41. The molecule has 5 rings (SSSR count). The summed E-state index contributed by atoms with van der Waals surface area (Å²) in [6, 6.07) is 5.82. The number of benzene rings is 1. The first-order valence-electron chi connectivity index (χ1n) is 11.2. The zero-order valence-corrected chi connectivity index (χ0v) is 19.1. The van der Waals surface area contributed by atoms with Gasteiger partial charge in [-0.1, -0.05) is 29.8 Å². The van der Waals surface area contributed by atoms with Gasteiger partial charge >= 0.3 is 0 Å². The minimum atomic E-state index is -0.322. The van der Waals surface area contributed by atoms with Gasteiger partial charge in [0.15, 0.2) is 5.82 Å². The summed E-state index contributed by atoms with van der Waals surface area (Å²) in [6.07, 6.45) is 9.20. The van der Waals surface area contributed by atoms with E-state index < -0.39 is 0 Å². The Labute approximate surface area is 197 Å². The number of nitrogens with one attached hydrogen (secondary N) is 1. The molecule has 3 aliphatic carbocycles. The molecule has 33 heavy (non-hydrogen) atoms. The molecule has 4 atom stereocenters. The molecule has 8 nitrogen and oxygen atoms in total. The normalized spacial score (nSPS) is 25.6. The SMILES string of the molecule is CON(c1ccc2c(c1)CCC(=O)CC2)c1ncc(Cl)c(N[C@H]2[C@@H](C(N)=O)[C@@H]3C=C[C@H]2C3)n1. The van der Waals surface area contributed by atoms with E-state index in [0.717, 1.165) is 24.1 Å². The summed E-state index contributed by atoms with van der Waals surface area (Å²) in [5, 5.41) is 5.23. The van der Waals surface area contributed by atoms with Crippen molar-refractivity contribution in [2.45, 2.75) is 38.1 Å². The molecule has 1 heterocycles. The van der Waals surface area contributed by atoms with Crippen molar-refractivity contribution in [2.75, 3.05) is 17.5 Å². The number of carbonyl (C=O) groups excluding carboxylic acids is 2. The van der Waals surface area contributed by atoms with E-state index in [-0.39, 0.29) is 35.5 Å². The maximum Gasteiger partial charge on any atom is 0.256 e. The number of ketones is 1. The molecule has 172 valence electrons. The van der Waals surface area contributed by atoms with E-state index in [1.54, 1.807) is 7.11 Å². The van der Waals surface area contributed by atoms with Crippen molar-refractivity contribution in [1.29, 1.82) is 0 Å². The summed E-state index contributed by atoms with van der Waals surface area (Å²) in [4.78, 5) is 38.6. The predicted molar refractivity (Wildman–Crippen MR) is 125 cm³/mol. The molecule has 2 aromatic rings. The molecule has 3 N–H and O–H groups in total. The van der Waals surface area contributed by atoms with Crippen LogP contribution in [0.2, 0.25) is 5.02 Å². The van der Waals surface area contributed by atoms with Crippen LogP contribution in [-0.4, -0.2) is 34.8 Å². The Morgan fingerprint density at radius 2 is 1.94 bits per heavy atom. The van der Waals surface area contributed by atoms with Crippen molar-refractivity contribution in [3.05, 3.63) is 52.7 Å². The van der Waals surface area contributed by atoms with E-state index in [9.17, 15) is 9.59 Å². The van der Waals surface area contributed by atoms with Crippen molar-refractivity contribution >= 4 is 40.7 Å². The van der Waals surface area contributed by atoms with Gasteiger partial charge < -0.3 is 11.1 Å². The Hall–Kier alpha value is -2.97. The van der Waals surface area contributed by atoms with Gasteiger partial charge in [0.05, 0.1) is 24.9 Å². The second kappa shape index (κ2) is 8.76. The molecule has 0 aliphatic heterocycles. The molecule has 0 spiro atoms. The number of hydrogen-bond acceptors (Lipinski definition) is 7. The van der Waals surface area contributed by atoms with Crippen LogP contribution < -0.4 is 16.1 Å². The van der Waals surface area contributed by atoms with Gasteiger partial charge in [-0.25, -0.2) is 4.98 Å². The first kappa shape index (κ1) is 21.9. The zero-order valence-electron chi connectivity index (χ0n) is 18.3. The first-order valence-corrected chi connectivity index (χ1v) is 11.6. The second-order valence-corrected chi connectivity index (χ2v) is 9.29. The van der Waals surface area contributed by atoms with Crippen LogP contribution in [-0.2, 0) is 27.3 Å². The standard InChI is InChI=1S/C24H26ClN5O3/c1-33-30(17-7-4-13-5-8-18(31)9-6-14(13)11-17)24-27-12-19(25)23(29-24)28-21-16-3-2-15(10-16)20(21)22(26)32/h2-4,7,11-12,15-16,20-21H,5-6,8-10H2,1H3,(H2,26,32)(H,27,28,29)/t15-,16+,20+,21-/m1/s1. The number of carbonyl (C=O) groups is 2. The van der Waals surface area contributed by atoms with E-state index in [1.165, 1.54) is 16.8 Å². The Kier molecular flexibility index (Phi) is 5.80. The monoisotopic (exact) mass is 467 g/mol. The van der Waals surface area contributed by atoms with Crippen LogP contribution in [0, 0.1) is 17.8 Å². The predicted octanol–water partition coefficient (Wildman–Crippen LogP) is 3.37. The summed E-state index contributed by atoms with van der Waals surface area (Å²) in [5.41, 5.74) is 8.76. The zero-order chi connectivity index (χ0) is 23.1. The summed E-state index contributed by atoms with van der Waals surface area (Å²) in [6.45, 7) is 0. The average molecular weight is 468 g/mol. The van der Waals surface area contributed by atoms with Gasteiger partial charge in [-0.05, 0) is 54.4 Å². The number of amides is 1. The van der Waals surface area contributed by atoms with E-state index in [0.29, 0.717) is 36.1 Å². The maximum atomic E-state index is 12.1. The minimum absolute atomic E-state index is 0.145. The first-order chi connectivity index (χ1) is 15.9. The molecule has 0 saturated heterocycles. The number of primary amides is 1. The third-order valence-electron chi connectivity index (χ3n) is 6.96. The third kappa shape index (κ3) is 4.09. The highest BCUT2D eigenvalue weighted by molar-refractivity contribution is 6.32. The number of aromatic nitrogens is 2. The lowest BCUT2D eigenvalue weighted by atomic mass is 9.88. The van der Waals surface area contributed by atoms with Crippen molar-refractivity contribution in [3.63, 3.8) is 0 Å². The topological polar surface area (TPSA) is 110 Å². The van der Waals surface area contributed by atoms with Crippen molar-refractivity contribution < 1.29 is 14.4 Å². The summed E-state index contributed by atoms with van der Waals surface area (Å²) in [5.74, 6) is 0.749. The Morgan fingerprint density at radius 1 is 1.18 bits per heavy atom. The molecule has 0 unspecified atom stereocenters. The highest BCUT2D eigenvalue weighted by Gasteiger charge is 2.47. The van der Waals surface area contributed by atoms with Gasteiger partial charge in [0.2, 0.25) is 5.91 Å². The fourth-order valence-corrected chi connectivity index (χ4v) is 5.46. The number of Topliss-reactive ketones (excluding diaryl/α,β-unsaturated/α-hetero) is 1. The van der Waals surface area contributed by atoms with E-state index in [4.69, 9.17) is 22.2 Å². The molecule has 1 fully saturated rings. The number of anilines is 3. The van der Waals surface area contributed by atoms with Crippen molar-refractivity contribution in [2.24, 2.45) is 23.5 Å². The number of fused-ring (bicyclic) bond motifs is 3. The van der Waals surface area contributed by atoms with Crippen molar-refractivity contribution in [3.8, 4) is 0 Å². The quantitative estimate of drug-likeness (QED) is 0.380. The molecular formula is C24H26ClN5O3. The highest BCUT2D eigenvalue weighted by Crippen LogP contribution is 2.45. The fourth-order valence-electron chi connectivity index (χ4n) is 5.31. The Morgan fingerprint density at radius 3 is 2.70 bits per heavy atom. The molecule has 1 aromatic carbocycles. The molecular weight excluding hydrogens is 442 g/mol. The van der Waals surface area contributed by atoms with Gasteiger partial charge in [-0.2, -0.15) is 10.0 Å². The molecule has 1 saturated carbocycles. The van der Waals surface area contributed by atoms with Crippen LogP contribution in [0.15, 0.2) is 36.5 Å². The van der Waals surface area contributed by atoms with Crippen LogP contribution in [0.5, 0.6) is 0 Å². The number of hydrogen-bond donors (Lipinski definition) is 2. The van der Waals surface area contributed by atoms with E-state index in [1.807, 2.05) is 18.2 Å². The number of halogens is 1. The fraction of sp³-hybridized carbons (Fsp3) is 0.417. The van der Waals surface area contributed by atoms with Crippen LogP contribution in [0.25, 0.3) is 0 Å². The maximum absolute atomic E-state index is 12.1. The largest absolute Gasteiger partial charge is 0.369 e. The average Bonchev–Trinajstić information content (AvgIpc) is 3.35. The number of allylic oxidation sites excluding steroid dienone is 1. The number of aryl methyl sites for hydroxylation is 2. The van der Waals surface area contributed by atoms with Gasteiger partial charge in [-0.15, -0.1) is 0 Å². The van der Waals surface area contributed by atoms with E-state index >= 15 is 0 Å². The molecule has 1 amide bonds. The minimum Gasteiger partial charge on any atom is -0.369 e. The summed E-state index contributed by atoms with van der Waals surface area (Å²) in [7, 11) is 1.55. The van der Waals surface area contributed by atoms with Crippen molar-refractivity contribution in [1.82, 2.24) is 9.97 Å². The molecule has 1 aromatic heterocycles. The number of rotatable bonds is 6. The van der Waals surface area contributed by atoms with E-state index in [2.05, 4.69) is 27.4 Å². The highest BCUT2D eigenvalue weighted by atomic mass is 35.5. The lowest BCUT2D eigenvalue weighted by molar-refractivity contribution is -0.122. The summed E-state index contributed by atoms with van der Waals surface area (Å²) < 4.78 is 0. The van der Waals surface area contributed by atoms with Gasteiger partial charge in [-0.3, -0.25) is 14.4 Å². The van der Waals surface area contributed by atoms with Crippen LogP contribution in [0.4, 0.5) is 17.5 Å². The van der Waals surface area contributed by atoms with Crippen LogP contribution in [0.1, 0.15) is 30.4 Å². The lowest BCUT2D eigenvalue weighted by Gasteiger charge is -2.28. The molecule has 3 aliphatic rings. The van der Waals surface area contributed by atoms with Gasteiger partial charge in [0.1, 0.15) is 10.8 Å². The second-order valence-electron chi connectivity index (χ2n) is 8.88. The Bertz CT molecular complexity index is 1140. The number of nitrogens with two attached hydrogens (primary N) is 1. The van der Waals surface area contributed by atoms with Crippen LogP contribution in [0.3, 0.4) is 0 Å². The smallest absolute Gasteiger partial charge is 0.256 e. The summed E-state index contributed by atoms with van der Waals surface area (Å²) >= 11 is 6.41. The Balaban J connectivity index is 1.43. The van der Waals surface area contributed by atoms with Gasteiger partial charge in [0.25, 0.3) is 5.95 Å². The molecule has 0 radical (unpaired) electrons. The molecule has 9 heteroatoms.